The van der Waals surface area contributed by atoms with E-state index in [2.05, 4.69) is 22.3 Å². The molecule has 0 amide bonds. The number of phenolic OH excluding ortho intramolecular Hbond substituents is 1. The standard InChI is InChI=1S/C10H14O.C6H5N3.Na/c1-2-3-6-9-7-4-5-8-10(9)11;1-2-4-6-5(3-1)7-9-8-6;/h4-5,7-8,11H,2-3,6H2,1H3;1-4H,(H,7,8,9);. The molecule has 3 aromatic rings. The molecule has 0 aliphatic carbocycles. The van der Waals surface area contributed by atoms with Gasteiger partial charge < -0.3 is 5.11 Å². The van der Waals surface area contributed by atoms with E-state index in [1.165, 1.54) is 6.42 Å². The van der Waals surface area contributed by atoms with Gasteiger partial charge in [-0.15, -0.1) is 0 Å². The number of H-pyrrole nitrogens is 1. The fraction of sp³-hybridized carbons (Fsp3) is 0.250. The Kier molecular flexibility index (Phi) is 8.05. The molecule has 0 aliphatic heterocycles. The van der Waals surface area contributed by atoms with Gasteiger partial charge in [-0.25, -0.2) is 0 Å². The van der Waals surface area contributed by atoms with Crippen LogP contribution in [0.4, 0.5) is 0 Å². The maximum Gasteiger partial charge on any atom is 0.118 e. The Bertz CT molecular complexity index is 624. The Labute approximate surface area is 146 Å². The fourth-order valence-electron chi connectivity index (χ4n) is 1.88. The van der Waals surface area contributed by atoms with Crippen LogP contribution in [0, 0.1) is 0 Å². The van der Waals surface area contributed by atoms with E-state index in [0.717, 1.165) is 29.4 Å². The van der Waals surface area contributed by atoms with E-state index in [0.29, 0.717) is 5.75 Å². The monoisotopic (exact) mass is 292 g/mol. The van der Waals surface area contributed by atoms with Crippen molar-refractivity contribution in [2.24, 2.45) is 0 Å². The number of fused-ring (bicyclic) bond motifs is 1. The number of hydrogen-bond acceptors (Lipinski definition) is 3. The number of aromatic hydroxyl groups is 1. The normalized spacial score (nSPS) is 9.57. The zero-order valence-corrected chi connectivity index (χ0v) is 14.6. The van der Waals surface area contributed by atoms with E-state index in [4.69, 9.17) is 0 Å². The molecule has 0 saturated heterocycles. The molecule has 5 heteroatoms. The molecule has 0 unspecified atom stereocenters. The van der Waals surface area contributed by atoms with Crippen LogP contribution in [0.2, 0.25) is 0 Å². The van der Waals surface area contributed by atoms with Crippen molar-refractivity contribution in [3.8, 4) is 5.75 Å². The zero-order chi connectivity index (χ0) is 14.2. The van der Waals surface area contributed by atoms with Crippen LogP contribution in [0.25, 0.3) is 11.0 Å². The summed E-state index contributed by atoms with van der Waals surface area (Å²) in [4.78, 5) is 0. The van der Waals surface area contributed by atoms with Gasteiger partial charge in [-0.05, 0) is 36.6 Å². The summed E-state index contributed by atoms with van der Waals surface area (Å²) < 4.78 is 0. The van der Waals surface area contributed by atoms with Crippen molar-refractivity contribution in [2.75, 3.05) is 0 Å². The van der Waals surface area contributed by atoms with Gasteiger partial charge in [-0.3, -0.25) is 0 Å². The molecule has 3 rings (SSSR count). The van der Waals surface area contributed by atoms with Gasteiger partial charge in [-0.2, -0.15) is 15.4 Å². The summed E-state index contributed by atoms with van der Waals surface area (Å²) in [6, 6.07) is 15.2. The zero-order valence-electron chi connectivity index (χ0n) is 12.6. The van der Waals surface area contributed by atoms with Crippen LogP contribution < -0.4 is 0 Å². The van der Waals surface area contributed by atoms with Crippen molar-refractivity contribution >= 4 is 40.6 Å². The van der Waals surface area contributed by atoms with E-state index in [1.807, 2.05) is 42.5 Å². The molecule has 0 spiro atoms. The summed E-state index contributed by atoms with van der Waals surface area (Å²) in [6.07, 6.45) is 3.31. The summed E-state index contributed by atoms with van der Waals surface area (Å²) in [5.41, 5.74) is 2.89. The number of rotatable bonds is 3. The fourth-order valence-corrected chi connectivity index (χ4v) is 1.88. The van der Waals surface area contributed by atoms with Crippen molar-refractivity contribution < 1.29 is 5.11 Å². The third kappa shape index (κ3) is 5.50. The average molecular weight is 292 g/mol. The molecular formula is C16H19N3NaO. The van der Waals surface area contributed by atoms with Gasteiger partial charge in [0.15, 0.2) is 0 Å². The maximum atomic E-state index is 9.34. The summed E-state index contributed by atoms with van der Waals surface area (Å²) in [5, 5.41) is 19.6. The molecule has 105 valence electrons. The van der Waals surface area contributed by atoms with E-state index in [9.17, 15) is 5.11 Å². The third-order valence-electron chi connectivity index (χ3n) is 3.01. The predicted octanol–water partition coefficient (Wildman–Crippen LogP) is 3.31. The number of para-hydroxylation sites is 3. The second kappa shape index (κ2) is 9.55. The number of unbranched alkanes of at least 4 members (excludes halogenated alkanes) is 1. The first-order chi connectivity index (χ1) is 9.81. The number of aryl methyl sites for hydroxylation is 1. The molecule has 0 aliphatic rings. The van der Waals surface area contributed by atoms with Crippen LogP contribution in [-0.2, 0) is 6.42 Å². The van der Waals surface area contributed by atoms with Crippen molar-refractivity contribution in [2.45, 2.75) is 26.2 Å². The number of nitrogens with zero attached hydrogens (tertiary/aromatic N) is 2. The van der Waals surface area contributed by atoms with Crippen molar-refractivity contribution in [1.29, 1.82) is 0 Å². The quantitative estimate of drug-likeness (QED) is 0.728. The van der Waals surface area contributed by atoms with Crippen molar-refractivity contribution in [3.05, 3.63) is 54.1 Å². The third-order valence-corrected chi connectivity index (χ3v) is 3.01. The van der Waals surface area contributed by atoms with Crippen LogP contribution in [0.15, 0.2) is 48.5 Å². The smallest absolute Gasteiger partial charge is 0.118 e. The minimum Gasteiger partial charge on any atom is -0.508 e. The Morgan fingerprint density at radius 1 is 0.952 bits per heavy atom. The summed E-state index contributed by atoms with van der Waals surface area (Å²) in [7, 11) is 0. The number of aromatic nitrogens is 3. The Morgan fingerprint density at radius 2 is 1.52 bits per heavy atom. The van der Waals surface area contributed by atoms with Gasteiger partial charge in [0.25, 0.3) is 0 Å². The molecule has 1 heterocycles. The summed E-state index contributed by atoms with van der Waals surface area (Å²) >= 11 is 0. The molecule has 1 aromatic heterocycles. The van der Waals surface area contributed by atoms with Gasteiger partial charge >= 0.3 is 0 Å². The van der Waals surface area contributed by atoms with Crippen LogP contribution in [0.1, 0.15) is 25.3 Å². The minimum absolute atomic E-state index is 0. The van der Waals surface area contributed by atoms with E-state index in [-0.39, 0.29) is 29.6 Å². The Balaban J connectivity index is 0.000000203. The molecular weight excluding hydrogens is 273 g/mol. The van der Waals surface area contributed by atoms with E-state index < -0.39 is 0 Å². The molecule has 0 saturated carbocycles. The number of phenols is 1. The second-order valence-electron chi connectivity index (χ2n) is 4.54. The van der Waals surface area contributed by atoms with Gasteiger partial charge in [0, 0.05) is 29.6 Å². The minimum atomic E-state index is 0. The number of hydrogen-bond donors (Lipinski definition) is 2. The predicted molar refractivity (Wildman–Crippen MR) is 86.4 cm³/mol. The van der Waals surface area contributed by atoms with Gasteiger partial charge in [0.1, 0.15) is 16.8 Å². The number of nitrogens with one attached hydrogen (secondary N) is 1. The summed E-state index contributed by atoms with van der Waals surface area (Å²) in [5.74, 6) is 0.431. The number of aromatic amines is 1. The largest absolute Gasteiger partial charge is 0.508 e. The van der Waals surface area contributed by atoms with Crippen LogP contribution in [0.5, 0.6) is 5.75 Å². The van der Waals surface area contributed by atoms with Gasteiger partial charge in [-0.1, -0.05) is 43.7 Å². The molecule has 1 radical (unpaired) electrons. The molecule has 0 bridgehead atoms. The maximum absolute atomic E-state index is 9.34. The summed E-state index contributed by atoms with van der Waals surface area (Å²) in [6.45, 7) is 2.15. The molecule has 4 nitrogen and oxygen atoms in total. The first kappa shape index (κ1) is 17.7. The second-order valence-corrected chi connectivity index (χ2v) is 4.54. The average Bonchev–Trinajstić information content (AvgIpc) is 2.96. The van der Waals surface area contributed by atoms with Crippen LogP contribution in [-0.4, -0.2) is 50.1 Å². The SMILES string of the molecule is CCCCc1ccccc1O.[Na].c1ccc2n[nH]nc2c1. The van der Waals surface area contributed by atoms with Crippen molar-refractivity contribution in [1.82, 2.24) is 15.4 Å². The first-order valence-corrected chi connectivity index (χ1v) is 6.83. The van der Waals surface area contributed by atoms with Crippen LogP contribution in [0.3, 0.4) is 0 Å². The molecule has 0 fully saturated rings. The van der Waals surface area contributed by atoms with Gasteiger partial charge in [0.2, 0.25) is 0 Å². The molecule has 2 aromatic carbocycles. The Hall–Kier alpha value is -1.36. The van der Waals surface area contributed by atoms with Gasteiger partial charge in [0.05, 0.1) is 0 Å². The van der Waals surface area contributed by atoms with E-state index >= 15 is 0 Å². The topological polar surface area (TPSA) is 61.8 Å². The molecule has 2 N–H and O–H groups in total. The Morgan fingerprint density at radius 3 is 2.10 bits per heavy atom. The number of benzene rings is 2. The van der Waals surface area contributed by atoms with Crippen LogP contribution >= 0.6 is 0 Å². The first-order valence-electron chi connectivity index (χ1n) is 6.83. The molecule has 21 heavy (non-hydrogen) atoms. The molecule has 0 atom stereocenters. The van der Waals surface area contributed by atoms with Crippen molar-refractivity contribution in [3.63, 3.8) is 0 Å². The van der Waals surface area contributed by atoms with E-state index in [1.54, 1.807) is 6.07 Å².